The topological polar surface area (TPSA) is 46.2 Å². The zero-order valence-corrected chi connectivity index (χ0v) is 9.73. The maximum atomic E-state index is 13.1. The van der Waals surface area contributed by atoms with Gasteiger partial charge in [-0.15, -0.1) is 12.4 Å². The predicted octanol–water partition coefficient (Wildman–Crippen LogP) is 2.70. The molecule has 0 aliphatic carbocycles. The molecule has 1 rings (SSSR count). The summed E-state index contributed by atoms with van der Waals surface area (Å²) in [6.45, 7) is 0. The second-order valence-electron chi connectivity index (χ2n) is 3.54. The molecule has 0 unspecified atom stereocenters. The molecule has 2 atom stereocenters. The quantitative estimate of drug-likeness (QED) is 0.841. The third-order valence-corrected chi connectivity index (χ3v) is 2.24. The van der Waals surface area contributed by atoms with Crippen molar-refractivity contribution in [1.29, 1.82) is 0 Å². The molecule has 0 heterocycles. The summed E-state index contributed by atoms with van der Waals surface area (Å²) < 4.78 is 62.2. The minimum atomic E-state index is -4.69. The van der Waals surface area contributed by atoms with Crippen LogP contribution in [0.3, 0.4) is 0 Å². The van der Waals surface area contributed by atoms with Gasteiger partial charge < -0.3 is 10.8 Å². The molecule has 8 heteroatoms. The maximum absolute atomic E-state index is 13.1. The summed E-state index contributed by atoms with van der Waals surface area (Å²) in [6, 6.07) is 0.609. The molecule has 2 nitrogen and oxygen atoms in total. The Morgan fingerprint density at radius 2 is 1.78 bits per heavy atom. The van der Waals surface area contributed by atoms with E-state index in [0.29, 0.717) is 0 Å². The van der Waals surface area contributed by atoms with Crippen molar-refractivity contribution in [3.8, 4) is 0 Å². The number of aliphatic hydroxyl groups excluding tert-OH is 1. The van der Waals surface area contributed by atoms with Gasteiger partial charge in [0.1, 0.15) is 6.04 Å². The van der Waals surface area contributed by atoms with E-state index >= 15 is 0 Å². The Labute approximate surface area is 106 Å². The van der Waals surface area contributed by atoms with Crippen molar-refractivity contribution >= 4 is 12.4 Å². The van der Waals surface area contributed by atoms with Gasteiger partial charge in [-0.25, -0.2) is 8.78 Å². The molecule has 0 aliphatic rings. The normalized spacial score (nSPS) is 14.8. The fourth-order valence-corrected chi connectivity index (χ4v) is 1.28. The van der Waals surface area contributed by atoms with Crippen LogP contribution < -0.4 is 5.73 Å². The van der Waals surface area contributed by atoms with E-state index in [1.54, 1.807) is 0 Å². The third kappa shape index (κ3) is 4.08. The van der Waals surface area contributed by atoms with Gasteiger partial charge in [-0.05, 0) is 6.07 Å². The Kier molecular flexibility index (Phi) is 5.98. The summed E-state index contributed by atoms with van der Waals surface area (Å²) >= 11 is 0. The standard InChI is InChI=1S/C10H10F5NO.ClH/c11-6-3-1-2-5(9(6)12)7(17)4-8(16)10(13,14)15;/h1-3,7-8,17H,4,16H2;1H/t7-,8-;/m0./s1. The molecule has 1 aromatic carbocycles. The van der Waals surface area contributed by atoms with Crippen LogP contribution in [0.5, 0.6) is 0 Å². The largest absolute Gasteiger partial charge is 0.403 e. The number of rotatable bonds is 3. The minimum absolute atomic E-state index is 0. The van der Waals surface area contributed by atoms with E-state index < -0.39 is 41.9 Å². The summed E-state index contributed by atoms with van der Waals surface area (Å²) in [5, 5.41) is 9.37. The molecule has 0 saturated heterocycles. The van der Waals surface area contributed by atoms with Crippen molar-refractivity contribution in [2.45, 2.75) is 24.7 Å². The first-order chi connectivity index (χ1) is 7.73. The zero-order valence-electron chi connectivity index (χ0n) is 8.92. The second-order valence-corrected chi connectivity index (χ2v) is 3.54. The van der Waals surface area contributed by atoms with E-state index in [1.807, 2.05) is 0 Å². The Balaban J connectivity index is 0.00000289. The fraction of sp³-hybridized carbons (Fsp3) is 0.400. The van der Waals surface area contributed by atoms with Crippen LogP contribution >= 0.6 is 12.4 Å². The first kappa shape index (κ1) is 17.1. The highest BCUT2D eigenvalue weighted by Gasteiger charge is 2.38. The number of nitrogens with two attached hydrogens (primary N) is 1. The van der Waals surface area contributed by atoms with Gasteiger partial charge in [0.15, 0.2) is 11.6 Å². The molecule has 0 fully saturated rings. The van der Waals surface area contributed by atoms with Crippen molar-refractivity contribution < 1.29 is 27.1 Å². The molecule has 3 N–H and O–H groups in total. The lowest BCUT2D eigenvalue weighted by Gasteiger charge is -2.19. The van der Waals surface area contributed by atoms with Crippen LogP contribution in [0, 0.1) is 11.6 Å². The summed E-state index contributed by atoms with van der Waals surface area (Å²) in [6.07, 6.45) is -7.42. The molecular formula is C10H11ClF5NO. The maximum Gasteiger partial charge on any atom is 0.403 e. The Morgan fingerprint density at radius 3 is 2.28 bits per heavy atom. The monoisotopic (exact) mass is 291 g/mol. The van der Waals surface area contributed by atoms with Crippen molar-refractivity contribution in [1.82, 2.24) is 0 Å². The number of hydrogen-bond acceptors (Lipinski definition) is 2. The molecule has 104 valence electrons. The van der Waals surface area contributed by atoms with Gasteiger partial charge in [0.2, 0.25) is 0 Å². The summed E-state index contributed by atoms with van der Waals surface area (Å²) in [4.78, 5) is 0. The first-order valence-corrected chi connectivity index (χ1v) is 4.67. The molecule has 0 aliphatic heterocycles. The van der Waals surface area contributed by atoms with Crippen LogP contribution in [0.25, 0.3) is 0 Å². The molecule has 18 heavy (non-hydrogen) atoms. The predicted molar refractivity (Wildman–Crippen MR) is 57.2 cm³/mol. The average Bonchev–Trinajstić information content (AvgIpc) is 2.20. The van der Waals surface area contributed by atoms with Crippen LogP contribution in [-0.4, -0.2) is 17.3 Å². The van der Waals surface area contributed by atoms with E-state index in [0.717, 1.165) is 18.2 Å². The van der Waals surface area contributed by atoms with Gasteiger partial charge in [-0.3, -0.25) is 0 Å². The fourth-order valence-electron chi connectivity index (χ4n) is 1.28. The number of halogens is 6. The lowest BCUT2D eigenvalue weighted by molar-refractivity contribution is -0.154. The summed E-state index contributed by atoms with van der Waals surface area (Å²) in [5.41, 5.74) is 4.24. The Hall–Kier alpha value is -0.920. The van der Waals surface area contributed by atoms with Crippen molar-refractivity contribution in [3.63, 3.8) is 0 Å². The number of hydrogen-bond donors (Lipinski definition) is 2. The van der Waals surface area contributed by atoms with Gasteiger partial charge in [-0.1, -0.05) is 12.1 Å². The SMILES string of the molecule is Cl.N[C@@H](C[C@H](O)c1cccc(F)c1F)C(F)(F)F. The molecule has 0 saturated carbocycles. The first-order valence-electron chi connectivity index (χ1n) is 4.67. The molecule has 0 amide bonds. The number of aliphatic hydroxyl groups is 1. The highest BCUT2D eigenvalue weighted by Crippen LogP contribution is 2.28. The molecule has 0 spiro atoms. The highest BCUT2D eigenvalue weighted by molar-refractivity contribution is 5.85. The van der Waals surface area contributed by atoms with Gasteiger partial charge in [0.25, 0.3) is 0 Å². The summed E-state index contributed by atoms with van der Waals surface area (Å²) in [7, 11) is 0. The van der Waals surface area contributed by atoms with Crippen LogP contribution in [0.4, 0.5) is 22.0 Å². The van der Waals surface area contributed by atoms with E-state index in [-0.39, 0.29) is 12.4 Å². The lowest BCUT2D eigenvalue weighted by atomic mass is 10.0. The van der Waals surface area contributed by atoms with Crippen LogP contribution in [0.1, 0.15) is 18.1 Å². The Bertz CT molecular complexity index is 398. The van der Waals surface area contributed by atoms with Gasteiger partial charge >= 0.3 is 6.18 Å². The van der Waals surface area contributed by atoms with E-state index in [9.17, 15) is 27.1 Å². The van der Waals surface area contributed by atoms with Gasteiger partial charge in [0, 0.05) is 12.0 Å². The second kappa shape index (κ2) is 6.31. The highest BCUT2D eigenvalue weighted by atomic mass is 35.5. The molecule has 1 aromatic rings. The van der Waals surface area contributed by atoms with E-state index in [1.165, 1.54) is 0 Å². The van der Waals surface area contributed by atoms with Gasteiger partial charge in [0.05, 0.1) is 6.10 Å². The zero-order chi connectivity index (χ0) is 13.2. The van der Waals surface area contributed by atoms with E-state index in [4.69, 9.17) is 5.73 Å². The molecular weight excluding hydrogens is 281 g/mol. The molecule has 0 aromatic heterocycles. The van der Waals surface area contributed by atoms with Crippen LogP contribution in [-0.2, 0) is 0 Å². The minimum Gasteiger partial charge on any atom is -0.388 e. The number of alkyl halides is 3. The Morgan fingerprint density at radius 1 is 1.22 bits per heavy atom. The molecule has 0 radical (unpaired) electrons. The third-order valence-electron chi connectivity index (χ3n) is 2.24. The number of benzene rings is 1. The summed E-state index contributed by atoms with van der Waals surface area (Å²) in [5.74, 6) is -2.60. The molecule has 0 bridgehead atoms. The van der Waals surface area contributed by atoms with Crippen molar-refractivity contribution in [2.75, 3.05) is 0 Å². The average molecular weight is 292 g/mol. The smallest absolute Gasteiger partial charge is 0.388 e. The lowest BCUT2D eigenvalue weighted by Crippen LogP contribution is -2.38. The van der Waals surface area contributed by atoms with Crippen molar-refractivity contribution in [2.24, 2.45) is 5.73 Å². The van der Waals surface area contributed by atoms with Crippen LogP contribution in [0.2, 0.25) is 0 Å². The van der Waals surface area contributed by atoms with E-state index in [2.05, 4.69) is 0 Å². The van der Waals surface area contributed by atoms with Crippen LogP contribution in [0.15, 0.2) is 18.2 Å². The van der Waals surface area contributed by atoms with Gasteiger partial charge in [-0.2, -0.15) is 13.2 Å². The van der Waals surface area contributed by atoms with Crippen molar-refractivity contribution in [3.05, 3.63) is 35.4 Å².